The summed E-state index contributed by atoms with van der Waals surface area (Å²) in [7, 11) is 0. The molecule has 2 aliphatic heterocycles. The third-order valence-electron chi connectivity index (χ3n) is 6.46. The zero-order valence-corrected chi connectivity index (χ0v) is 18.2. The van der Waals surface area contributed by atoms with Gasteiger partial charge in [0.05, 0.1) is 18.6 Å². The van der Waals surface area contributed by atoms with Gasteiger partial charge in [-0.3, -0.25) is 14.7 Å². The molecule has 31 heavy (non-hydrogen) atoms. The van der Waals surface area contributed by atoms with Gasteiger partial charge in [-0.2, -0.15) is 0 Å². The fourth-order valence-corrected chi connectivity index (χ4v) is 4.56. The van der Waals surface area contributed by atoms with E-state index in [1.165, 1.54) is 5.56 Å². The molecule has 2 saturated heterocycles. The van der Waals surface area contributed by atoms with Gasteiger partial charge >= 0.3 is 0 Å². The van der Waals surface area contributed by atoms with Crippen LogP contribution in [0.2, 0.25) is 0 Å². The molecule has 0 saturated carbocycles. The van der Waals surface area contributed by atoms with Crippen molar-refractivity contribution in [1.29, 1.82) is 0 Å². The number of benzene rings is 1. The molecule has 166 valence electrons. The van der Waals surface area contributed by atoms with Crippen LogP contribution >= 0.6 is 0 Å². The molecule has 0 atom stereocenters. The Kier molecular flexibility index (Phi) is 7.67. The highest BCUT2D eigenvalue weighted by atomic mass is 16.5. The Morgan fingerprint density at radius 3 is 2.52 bits per heavy atom. The maximum absolute atomic E-state index is 13.3. The predicted octanol–water partition coefficient (Wildman–Crippen LogP) is 2.93. The number of morpholine rings is 1. The molecule has 6 heteroatoms. The van der Waals surface area contributed by atoms with Crippen molar-refractivity contribution in [2.24, 2.45) is 5.41 Å². The number of nitrogens with one attached hydrogen (secondary N) is 1. The zero-order valence-electron chi connectivity index (χ0n) is 18.2. The van der Waals surface area contributed by atoms with E-state index in [2.05, 4.69) is 39.5 Å². The number of rotatable bonds is 8. The summed E-state index contributed by atoms with van der Waals surface area (Å²) in [4.78, 5) is 19.8. The van der Waals surface area contributed by atoms with E-state index >= 15 is 0 Å². The monoisotopic (exact) mass is 423 g/mol. The lowest BCUT2D eigenvalue weighted by atomic mass is 9.74. The van der Waals surface area contributed by atoms with Crippen LogP contribution in [0.5, 0.6) is 0 Å². The number of pyridine rings is 1. The summed E-state index contributed by atoms with van der Waals surface area (Å²) in [6.45, 7) is 6.62. The summed E-state index contributed by atoms with van der Waals surface area (Å²) in [5.74, 6) is 0.173. The fourth-order valence-electron chi connectivity index (χ4n) is 4.56. The Bertz CT molecular complexity index is 831. The molecule has 1 aromatic carbocycles. The van der Waals surface area contributed by atoms with Crippen molar-refractivity contribution in [1.82, 2.24) is 15.2 Å². The number of carbonyl (C=O) groups is 1. The lowest BCUT2D eigenvalue weighted by Gasteiger charge is -2.36. The first-order valence-corrected chi connectivity index (χ1v) is 11.4. The van der Waals surface area contributed by atoms with Crippen molar-refractivity contribution in [3.8, 4) is 11.1 Å². The average molecular weight is 424 g/mol. The van der Waals surface area contributed by atoms with Gasteiger partial charge < -0.3 is 14.8 Å². The molecular weight excluding hydrogens is 390 g/mol. The van der Waals surface area contributed by atoms with E-state index in [9.17, 15) is 4.79 Å². The molecule has 1 aromatic heterocycles. The second-order valence-corrected chi connectivity index (χ2v) is 8.57. The summed E-state index contributed by atoms with van der Waals surface area (Å²) in [5.41, 5.74) is 3.10. The van der Waals surface area contributed by atoms with Crippen LogP contribution in [0.4, 0.5) is 0 Å². The van der Waals surface area contributed by atoms with Crippen molar-refractivity contribution in [2.45, 2.75) is 25.7 Å². The summed E-state index contributed by atoms with van der Waals surface area (Å²) in [6, 6.07) is 12.6. The lowest BCUT2D eigenvalue weighted by molar-refractivity contribution is -0.136. The standard InChI is InChI=1S/C25H33N3O3/c29-24(27-9-2-12-28-13-17-31-18-14-28)25(7-15-30-16-8-25)20-21-3-1-4-23(19-21)22-5-10-26-11-6-22/h1,3-6,10-11,19H,2,7-9,12-18,20H2,(H,27,29). The van der Waals surface area contributed by atoms with E-state index in [4.69, 9.17) is 9.47 Å². The molecule has 0 unspecified atom stereocenters. The van der Waals surface area contributed by atoms with Crippen LogP contribution < -0.4 is 5.32 Å². The Balaban J connectivity index is 1.38. The SMILES string of the molecule is O=C(NCCCN1CCOCC1)C1(Cc2cccc(-c3ccncc3)c2)CCOCC1. The number of hydrogen-bond acceptors (Lipinski definition) is 5. The highest BCUT2D eigenvalue weighted by Crippen LogP contribution is 2.35. The highest BCUT2D eigenvalue weighted by molar-refractivity contribution is 5.83. The maximum atomic E-state index is 13.3. The molecule has 6 nitrogen and oxygen atoms in total. The molecule has 1 amide bonds. The van der Waals surface area contributed by atoms with Gasteiger partial charge in [-0.05, 0) is 61.1 Å². The Labute approximate surface area is 185 Å². The fraction of sp³-hybridized carbons (Fsp3) is 0.520. The first-order chi connectivity index (χ1) is 15.3. The zero-order chi connectivity index (χ0) is 21.4. The second-order valence-electron chi connectivity index (χ2n) is 8.57. The molecule has 0 aliphatic carbocycles. The van der Waals surface area contributed by atoms with Crippen LogP contribution in [-0.2, 0) is 20.7 Å². The first-order valence-electron chi connectivity index (χ1n) is 11.4. The maximum Gasteiger partial charge on any atom is 0.226 e. The van der Waals surface area contributed by atoms with Crippen LogP contribution in [0.25, 0.3) is 11.1 Å². The van der Waals surface area contributed by atoms with Crippen molar-refractivity contribution in [2.75, 3.05) is 52.6 Å². The van der Waals surface area contributed by atoms with E-state index in [0.29, 0.717) is 13.2 Å². The molecular formula is C25H33N3O3. The van der Waals surface area contributed by atoms with E-state index in [-0.39, 0.29) is 5.91 Å². The quantitative estimate of drug-likeness (QED) is 0.662. The molecule has 0 radical (unpaired) electrons. The number of nitrogens with zero attached hydrogens (tertiary/aromatic N) is 2. The third-order valence-corrected chi connectivity index (χ3v) is 6.46. The van der Waals surface area contributed by atoms with Crippen molar-refractivity contribution >= 4 is 5.91 Å². The number of hydrogen-bond donors (Lipinski definition) is 1. The minimum atomic E-state index is -0.395. The topological polar surface area (TPSA) is 63.7 Å². The van der Waals surface area contributed by atoms with Gasteiger partial charge in [0, 0.05) is 45.2 Å². The summed E-state index contributed by atoms with van der Waals surface area (Å²) in [6.07, 6.45) is 6.86. The summed E-state index contributed by atoms with van der Waals surface area (Å²) in [5, 5.41) is 3.24. The first kappa shape index (κ1) is 21.9. The summed E-state index contributed by atoms with van der Waals surface area (Å²) >= 11 is 0. The van der Waals surface area contributed by atoms with E-state index in [0.717, 1.165) is 76.2 Å². The number of amides is 1. The van der Waals surface area contributed by atoms with Gasteiger partial charge in [0.1, 0.15) is 0 Å². The predicted molar refractivity (Wildman–Crippen MR) is 121 cm³/mol. The van der Waals surface area contributed by atoms with E-state index in [1.807, 2.05) is 24.5 Å². The second kappa shape index (κ2) is 10.8. The Hall–Kier alpha value is -2.28. The van der Waals surface area contributed by atoms with E-state index < -0.39 is 5.41 Å². The van der Waals surface area contributed by atoms with Crippen LogP contribution in [0, 0.1) is 5.41 Å². The number of aromatic nitrogens is 1. The molecule has 4 rings (SSSR count). The lowest BCUT2D eigenvalue weighted by Crippen LogP contribution is -2.47. The smallest absolute Gasteiger partial charge is 0.226 e. The van der Waals surface area contributed by atoms with Gasteiger partial charge in [-0.15, -0.1) is 0 Å². The molecule has 2 aromatic rings. The van der Waals surface area contributed by atoms with Crippen molar-refractivity contribution in [3.05, 3.63) is 54.4 Å². The number of ether oxygens (including phenoxy) is 2. The van der Waals surface area contributed by atoms with Gasteiger partial charge in [-0.1, -0.05) is 24.3 Å². The Morgan fingerprint density at radius 1 is 1.00 bits per heavy atom. The number of carbonyl (C=O) groups excluding carboxylic acids is 1. The molecule has 2 fully saturated rings. The minimum absolute atomic E-state index is 0.173. The van der Waals surface area contributed by atoms with Gasteiger partial charge in [0.2, 0.25) is 5.91 Å². The van der Waals surface area contributed by atoms with Gasteiger partial charge in [-0.25, -0.2) is 0 Å². The Morgan fingerprint density at radius 2 is 1.74 bits per heavy atom. The normalized spacial score (nSPS) is 19.1. The van der Waals surface area contributed by atoms with Gasteiger partial charge in [0.25, 0.3) is 0 Å². The van der Waals surface area contributed by atoms with Crippen LogP contribution in [0.3, 0.4) is 0 Å². The highest BCUT2D eigenvalue weighted by Gasteiger charge is 2.39. The van der Waals surface area contributed by atoms with Crippen LogP contribution in [-0.4, -0.2) is 68.4 Å². The molecule has 1 N–H and O–H groups in total. The van der Waals surface area contributed by atoms with Gasteiger partial charge in [0.15, 0.2) is 0 Å². The van der Waals surface area contributed by atoms with E-state index in [1.54, 1.807) is 0 Å². The third kappa shape index (κ3) is 5.91. The van der Waals surface area contributed by atoms with Crippen molar-refractivity contribution in [3.63, 3.8) is 0 Å². The molecule has 3 heterocycles. The van der Waals surface area contributed by atoms with Crippen LogP contribution in [0.1, 0.15) is 24.8 Å². The summed E-state index contributed by atoms with van der Waals surface area (Å²) < 4.78 is 11.0. The van der Waals surface area contributed by atoms with Crippen molar-refractivity contribution < 1.29 is 14.3 Å². The molecule has 0 spiro atoms. The largest absolute Gasteiger partial charge is 0.381 e. The van der Waals surface area contributed by atoms with Crippen LogP contribution in [0.15, 0.2) is 48.8 Å². The molecule has 2 aliphatic rings. The molecule has 0 bridgehead atoms. The average Bonchev–Trinajstić information content (AvgIpc) is 2.84. The minimum Gasteiger partial charge on any atom is -0.381 e.